The number of amides is 1. The highest BCUT2D eigenvalue weighted by atomic mass is 19.1. The second-order valence-electron chi connectivity index (χ2n) is 7.16. The zero-order valence-corrected chi connectivity index (χ0v) is 14.9. The summed E-state index contributed by atoms with van der Waals surface area (Å²) in [7, 11) is 0. The zero-order valence-electron chi connectivity index (χ0n) is 14.9. The van der Waals surface area contributed by atoms with Crippen molar-refractivity contribution in [1.29, 1.82) is 0 Å². The van der Waals surface area contributed by atoms with Crippen molar-refractivity contribution in [1.82, 2.24) is 14.8 Å². The molecule has 0 bridgehead atoms. The molecule has 0 radical (unpaired) electrons. The van der Waals surface area contributed by atoms with Gasteiger partial charge in [-0.05, 0) is 50.4 Å². The molecule has 2 saturated heterocycles. The first-order valence-electron chi connectivity index (χ1n) is 9.40. The summed E-state index contributed by atoms with van der Waals surface area (Å²) in [5.41, 5.74) is 0.587. The van der Waals surface area contributed by atoms with Gasteiger partial charge < -0.3 is 9.32 Å². The molecular formula is C20H24FN3O2. The Kier molecular flexibility index (Phi) is 5.02. The van der Waals surface area contributed by atoms with Crippen LogP contribution in [0.1, 0.15) is 48.9 Å². The fourth-order valence-electron chi connectivity index (χ4n) is 3.93. The number of carbonyl (C=O) groups is 1. The quantitative estimate of drug-likeness (QED) is 0.825. The minimum Gasteiger partial charge on any atom is -0.443 e. The molecule has 1 atom stereocenters. The Hall–Kier alpha value is -2.21. The molecule has 1 amide bonds. The molecule has 0 N–H and O–H groups in total. The summed E-state index contributed by atoms with van der Waals surface area (Å²) in [6.07, 6.45) is 6.20. The number of hydrogen-bond donors (Lipinski definition) is 0. The number of halogens is 1. The van der Waals surface area contributed by atoms with Crippen molar-refractivity contribution >= 4 is 5.91 Å². The van der Waals surface area contributed by atoms with E-state index in [1.807, 2.05) is 11.0 Å². The molecule has 1 aromatic carbocycles. The topological polar surface area (TPSA) is 49.6 Å². The predicted molar refractivity (Wildman–Crippen MR) is 95.1 cm³/mol. The first kappa shape index (κ1) is 17.2. The summed E-state index contributed by atoms with van der Waals surface area (Å²) in [6, 6.07) is 6.58. The van der Waals surface area contributed by atoms with E-state index in [9.17, 15) is 9.18 Å². The normalized spacial score (nSPS) is 20.8. The maximum Gasteiger partial charge on any atom is 0.237 e. The molecule has 1 aromatic heterocycles. The van der Waals surface area contributed by atoms with Gasteiger partial charge in [-0.2, -0.15) is 0 Å². The van der Waals surface area contributed by atoms with E-state index < -0.39 is 0 Å². The van der Waals surface area contributed by atoms with Gasteiger partial charge in [-0.1, -0.05) is 18.2 Å². The van der Waals surface area contributed by atoms with E-state index in [2.05, 4.69) is 9.88 Å². The van der Waals surface area contributed by atoms with E-state index in [1.165, 1.54) is 18.9 Å². The van der Waals surface area contributed by atoms with Gasteiger partial charge in [0.25, 0.3) is 0 Å². The lowest BCUT2D eigenvalue weighted by atomic mass is 10.1. The van der Waals surface area contributed by atoms with Gasteiger partial charge in [0.15, 0.2) is 0 Å². The predicted octanol–water partition coefficient (Wildman–Crippen LogP) is 3.16. The molecule has 2 aliphatic rings. The average molecular weight is 357 g/mol. The number of likely N-dealkylation sites (tertiary alicyclic amines) is 2. The summed E-state index contributed by atoms with van der Waals surface area (Å²) in [4.78, 5) is 21.2. The third-order valence-corrected chi connectivity index (χ3v) is 5.31. The molecule has 2 fully saturated rings. The van der Waals surface area contributed by atoms with Gasteiger partial charge in [-0.15, -0.1) is 0 Å². The van der Waals surface area contributed by atoms with Crippen molar-refractivity contribution in [3.63, 3.8) is 0 Å². The molecule has 0 spiro atoms. The first-order chi connectivity index (χ1) is 12.7. The molecule has 0 saturated carbocycles. The fraction of sp³-hybridized carbons (Fsp3) is 0.500. The SMILES string of the molecule is O=C(CN1CCCC1)N1CCC[C@@H]1c1ncc(Cc2ccccc2F)o1. The molecule has 26 heavy (non-hydrogen) atoms. The van der Waals surface area contributed by atoms with Gasteiger partial charge in [-0.25, -0.2) is 9.37 Å². The van der Waals surface area contributed by atoms with E-state index >= 15 is 0 Å². The summed E-state index contributed by atoms with van der Waals surface area (Å²) >= 11 is 0. The number of oxazole rings is 1. The highest BCUT2D eigenvalue weighted by molar-refractivity contribution is 5.79. The molecule has 5 nitrogen and oxygen atoms in total. The van der Waals surface area contributed by atoms with E-state index in [-0.39, 0.29) is 17.8 Å². The number of benzene rings is 1. The molecule has 3 heterocycles. The van der Waals surface area contributed by atoms with Gasteiger partial charge in [0.1, 0.15) is 17.6 Å². The van der Waals surface area contributed by atoms with Crippen molar-refractivity contribution < 1.29 is 13.6 Å². The van der Waals surface area contributed by atoms with Gasteiger partial charge in [0.2, 0.25) is 11.8 Å². The van der Waals surface area contributed by atoms with Crippen LogP contribution in [0.5, 0.6) is 0 Å². The summed E-state index contributed by atoms with van der Waals surface area (Å²) in [5, 5.41) is 0. The lowest BCUT2D eigenvalue weighted by molar-refractivity contribution is -0.133. The summed E-state index contributed by atoms with van der Waals surface area (Å²) < 4.78 is 19.7. The Labute approximate surface area is 152 Å². The fourth-order valence-corrected chi connectivity index (χ4v) is 3.93. The molecular weight excluding hydrogens is 333 g/mol. The molecule has 0 unspecified atom stereocenters. The molecule has 0 aliphatic carbocycles. The second-order valence-corrected chi connectivity index (χ2v) is 7.16. The van der Waals surface area contributed by atoms with Crippen LogP contribution in [0.2, 0.25) is 0 Å². The third kappa shape index (κ3) is 3.65. The average Bonchev–Trinajstić information content (AvgIpc) is 3.37. The second kappa shape index (κ2) is 7.58. The first-order valence-corrected chi connectivity index (χ1v) is 9.40. The van der Waals surface area contributed by atoms with Gasteiger partial charge in [-0.3, -0.25) is 9.69 Å². The minimum absolute atomic E-state index is 0.0977. The largest absolute Gasteiger partial charge is 0.443 e. The Balaban J connectivity index is 1.44. The Morgan fingerprint density at radius 3 is 2.81 bits per heavy atom. The lowest BCUT2D eigenvalue weighted by Gasteiger charge is -2.25. The minimum atomic E-state index is -0.242. The smallest absolute Gasteiger partial charge is 0.237 e. The monoisotopic (exact) mass is 357 g/mol. The van der Waals surface area contributed by atoms with Crippen molar-refractivity contribution in [3.8, 4) is 0 Å². The molecule has 2 aromatic rings. The molecule has 4 rings (SSSR count). The van der Waals surface area contributed by atoms with Crippen molar-refractivity contribution in [2.45, 2.75) is 38.1 Å². The van der Waals surface area contributed by atoms with Crippen LogP contribution in [0.15, 0.2) is 34.9 Å². The summed E-state index contributed by atoms with van der Waals surface area (Å²) in [5.74, 6) is 1.12. The van der Waals surface area contributed by atoms with Crippen molar-refractivity contribution in [2.75, 3.05) is 26.2 Å². The van der Waals surface area contributed by atoms with Gasteiger partial charge in [0, 0.05) is 13.0 Å². The maximum atomic E-state index is 13.8. The highest BCUT2D eigenvalue weighted by Gasteiger charge is 2.34. The molecule has 2 aliphatic heterocycles. The zero-order chi connectivity index (χ0) is 17.9. The van der Waals surface area contributed by atoms with Crippen LogP contribution < -0.4 is 0 Å². The van der Waals surface area contributed by atoms with E-state index in [4.69, 9.17) is 4.42 Å². The van der Waals surface area contributed by atoms with E-state index in [0.717, 1.165) is 32.5 Å². The number of rotatable bonds is 5. The van der Waals surface area contributed by atoms with E-state index in [1.54, 1.807) is 18.3 Å². The van der Waals surface area contributed by atoms with Crippen LogP contribution in [0.25, 0.3) is 0 Å². The maximum absolute atomic E-state index is 13.8. The standard InChI is InChI=1S/C20H24FN3O2/c21-17-7-2-1-6-15(17)12-16-13-22-20(26-16)18-8-5-11-24(18)19(25)14-23-9-3-4-10-23/h1-2,6-7,13,18H,3-5,8-12,14H2/t18-/m1/s1. The third-order valence-electron chi connectivity index (χ3n) is 5.31. The molecule has 6 heteroatoms. The van der Waals surface area contributed by atoms with Crippen LogP contribution in [-0.2, 0) is 11.2 Å². The van der Waals surface area contributed by atoms with Gasteiger partial charge in [0.05, 0.1) is 12.7 Å². The van der Waals surface area contributed by atoms with Crippen LogP contribution in [-0.4, -0.2) is 46.9 Å². The van der Waals surface area contributed by atoms with Crippen molar-refractivity contribution in [3.05, 3.63) is 53.5 Å². The Morgan fingerprint density at radius 2 is 2.00 bits per heavy atom. The lowest BCUT2D eigenvalue weighted by Crippen LogP contribution is -2.39. The molecule has 138 valence electrons. The van der Waals surface area contributed by atoms with Crippen molar-refractivity contribution in [2.24, 2.45) is 0 Å². The highest BCUT2D eigenvalue weighted by Crippen LogP contribution is 2.32. The number of hydrogen-bond acceptors (Lipinski definition) is 4. The Bertz CT molecular complexity index is 770. The van der Waals surface area contributed by atoms with Gasteiger partial charge >= 0.3 is 0 Å². The van der Waals surface area contributed by atoms with Crippen LogP contribution >= 0.6 is 0 Å². The number of nitrogens with zero attached hydrogens (tertiary/aromatic N) is 3. The summed E-state index contributed by atoms with van der Waals surface area (Å²) in [6.45, 7) is 3.26. The van der Waals surface area contributed by atoms with Crippen LogP contribution in [0, 0.1) is 5.82 Å². The Morgan fingerprint density at radius 1 is 1.19 bits per heavy atom. The van der Waals surface area contributed by atoms with E-state index in [0.29, 0.717) is 30.2 Å². The van der Waals surface area contributed by atoms with Crippen LogP contribution in [0.4, 0.5) is 4.39 Å². The number of carbonyl (C=O) groups excluding carboxylic acids is 1. The number of aromatic nitrogens is 1. The van der Waals surface area contributed by atoms with Crippen LogP contribution in [0.3, 0.4) is 0 Å².